The first-order chi connectivity index (χ1) is 63.8. The lowest BCUT2D eigenvalue weighted by Crippen LogP contribution is -1.93. The van der Waals surface area contributed by atoms with Crippen LogP contribution in [0.2, 0.25) is 0 Å². The summed E-state index contributed by atoms with van der Waals surface area (Å²) >= 11 is 0. The molecule has 0 amide bonds. The largest absolute Gasteiger partial charge is 0.0616 e. The fourth-order valence-electron chi connectivity index (χ4n) is 18.5. The number of benzene rings is 20. The van der Waals surface area contributed by atoms with Gasteiger partial charge >= 0.3 is 0 Å². The van der Waals surface area contributed by atoms with E-state index in [0.717, 1.165) is 0 Å². The van der Waals surface area contributed by atoms with Gasteiger partial charge in [-0.3, -0.25) is 0 Å². The summed E-state index contributed by atoms with van der Waals surface area (Å²) in [5, 5.41) is 13.5. The van der Waals surface area contributed by atoms with E-state index < -0.39 is 0 Å². The summed E-state index contributed by atoms with van der Waals surface area (Å²) in [6.45, 7) is 49.9. The van der Waals surface area contributed by atoms with Crippen molar-refractivity contribution < 1.29 is 0 Å². The van der Waals surface area contributed by atoms with E-state index in [1.54, 1.807) is 0 Å². The molecule has 0 radical (unpaired) electrons. The summed E-state index contributed by atoms with van der Waals surface area (Å²) in [5.74, 6) is 0. The van der Waals surface area contributed by atoms with Crippen molar-refractivity contribution >= 4 is 53.9 Å². The van der Waals surface area contributed by atoms with Gasteiger partial charge in [-0.2, -0.15) is 0 Å². The van der Waals surface area contributed by atoms with Gasteiger partial charge in [-0.15, -0.1) is 0 Å². The maximum absolute atomic E-state index is 2.38. The number of hydrogen-bond donors (Lipinski definition) is 0. The molecule has 0 bridgehead atoms. The zero-order valence-electron chi connectivity index (χ0n) is 82.6. The molecule has 0 nitrogen and oxygen atoms in total. The van der Waals surface area contributed by atoms with E-state index >= 15 is 0 Å². The quantitative estimate of drug-likeness (QED) is 0.0998. The smallest absolute Gasteiger partial charge is 0.00263 e. The maximum Gasteiger partial charge on any atom is -0.00263 e. The van der Waals surface area contributed by atoms with Crippen molar-refractivity contribution in [3.05, 3.63) is 486 Å². The van der Waals surface area contributed by atoms with Crippen molar-refractivity contribution in [3.63, 3.8) is 0 Å². The van der Waals surface area contributed by atoms with Crippen LogP contribution in [0.5, 0.6) is 0 Å². The van der Waals surface area contributed by atoms with Crippen molar-refractivity contribution in [3.8, 4) is 100 Å². The molecule has 0 saturated heterocycles. The van der Waals surface area contributed by atoms with Crippen LogP contribution in [0.1, 0.15) is 128 Å². The number of aryl methyl sites for hydroxylation is 23. The summed E-state index contributed by atoms with van der Waals surface area (Å²) in [6.07, 6.45) is 0. The average Bonchev–Trinajstić information content (AvgIpc) is 0.781. The Hall–Kier alpha value is -14.3. The Morgan fingerprint density at radius 2 is 0.323 bits per heavy atom. The van der Waals surface area contributed by atoms with Crippen LogP contribution in [-0.4, -0.2) is 0 Å². The van der Waals surface area contributed by atoms with E-state index in [4.69, 9.17) is 0 Å². The molecule has 0 N–H and O–H groups in total. The van der Waals surface area contributed by atoms with Gasteiger partial charge in [0.25, 0.3) is 0 Å². The first-order valence-electron chi connectivity index (χ1n) is 47.2. The second kappa shape index (κ2) is 41.0. The van der Waals surface area contributed by atoms with Gasteiger partial charge in [0.2, 0.25) is 0 Å². The third-order valence-electron chi connectivity index (χ3n) is 26.8. The molecule has 0 fully saturated rings. The molecule has 0 atom stereocenters. The minimum absolute atomic E-state index is 1.28. The van der Waals surface area contributed by atoms with E-state index in [0.29, 0.717) is 0 Å². The van der Waals surface area contributed by atoms with Gasteiger partial charge in [0.15, 0.2) is 0 Å². The van der Waals surface area contributed by atoms with Gasteiger partial charge in [0, 0.05) is 0 Å². The summed E-state index contributed by atoms with van der Waals surface area (Å²) in [4.78, 5) is 0. The maximum atomic E-state index is 2.38. The highest BCUT2D eigenvalue weighted by Gasteiger charge is 2.20. The molecule has 0 heterocycles. The molecular formula is C133H128. The van der Waals surface area contributed by atoms with Crippen LogP contribution < -0.4 is 0 Å². The van der Waals surface area contributed by atoms with Crippen LogP contribution in [0.25, 0.3) is 154 Å². The Kier molecular flexibility index (Phi) is 28.8. The molecule has 0 aliphatic heterocycles. The van der Waals surface area contributed by atoms with Gasteiger partial charge in [-0.05, 0) is 386 Å². The van der Waals surface area contributed by atoms with E-state index in [9.17, 15) is 0 Å². The second-order valence-electron chi connectivity index (χ2n) is 38.0. The van der Waals surface area contributed by atoms with Crippen molar-refractivity contribution in [2.24, 2.45) is 0 Å². The SMILES string of the molecule is Cc1ccc(-c2c3ccccc3c(-c3ccc(C)cc3)c3cc(C)c(C)cc23)cc1.Cc1ccc(-c2cc(C)c(-c3ccc(C)cc3)cc2C)cc1.Cc1ccc(-c2cc(C)c(-c3cccc(C)c3)cc2C)cc1.Cc1ccc(-c2cc(C)c(C)cc2C)cc1.Cc1ccc(-c2cc(C)cc(-c3ccc(C)cc3)c2)cc1.Cc1ccc2c3ccc(C)cc3c3cc(C)c(C)cc3c2c1. The van der Waals surface area contributed by atoms with Crippen LogP contribution in [0, 0.1) is 159 Å². The topological polar surface area (TPSA) is 0 Å². The summed E-state index contributed by atoms with van der Waals surface area (Å²) in [6, 6.07) is 132. The zero-order chi connectivity index (χ0) is 94.2. The van der Waals surface area contributed by atoms with Crippen LogP contribution in [0.15, 0.2) is 358 Å². The van der Waals surface area contributed by atoms with Crippen LogP contribution in [0.3, 0.4) is 0 Å². The molecule has 660 valence electrons. The predicted molar refractivity (Wildman–Crippen MR) is 584 cm³/mol. The van der Waals surface area contributed by atoms with E-state index in [1.165, 1.54) is 282 Å². The Morgan fingerprint density at radius 3 is 0.632 bits per heavy atom. The van der Waals surface area contributed by atoms with Gasteiger partial charge in [0.1, 0.15) is 0 Å². The fourth-order valence-corrected chi connectivity index (χ4v) is 18.5. The van der Waals surface area contributed by atoms with Gasteiger partial charge in [0.05, 0.1) is 0 Å². The molecule has 0 heteroatoms. The minimum Gasteiger partial charge on any atom is -0.0616 e. The molecule has 20 aromatic rings. The first kappa shape index (κ1) is 93.4. The zero-order valence-corrected chi connectivity index (χ0v) is 82.6. The number of fused-ring (bicyclic) bond motifs is 8. The molecule has 20 aromatic carbocycles. The van der Waals surface area contributed by atoms with Crippen molar-refractivity contribution in [1.29, 1.82) is 0 Å². The Labute approximate surface area is 793 Å². The lowest BCUT2D eigenvalue weighted by atomic mass is 9.84. The lowest BCUT2D eigenvalue weighted by Gasteiger charge is -2.19. The highest BCUT2D eigenvalue weighted by Crippen LogP contribution is 2.46. The molecule has 20 rings (SSSR count). The third kappa shape index (κ3) is 21.8. The number of hydrogen-bond acceptors (Lipinski definition) is 0. The molecule has 0 aliphatic rings. The first-order valence-corrected chi connectivity index (χ1v) is 47.2. The molecule has 133 heavy (non-hydrogen) atoms. The third-order valence-corrected chi connectivity index (χ3v) is 26.8. The molecule has 0 unspecified atom stereocenters. The predicted octanol–water partition coefficient (Wildman–Crippen LogP) is 38.0. The van der Waals surface area contributed by atoms with Crippen LogP contribution in [-0.2, 0) is 0 Å². The van der Waals surface area contributed by atoms with Crippen molar-refractivity contribution in [1.82, 2.24) is 0 Å². The van der Waals surface area contributed by atoms with Crippen LogP contribution in [0.4, 0.5) is 0 Å². The average molecular weight is 1730 g/mol. The standard InChI is InChI=1S/C30H26.C22H20.2C22H22.C21H20.C16H18/c1-19-9-13-23(14-10-19)29-25-7-5-6-8-26(25)30(24-15-11-20(2)12-16-24)28-18-22(4)21(3)17-27(28)29;1-13-5-7-17-18-8-6-14(2)10-20(18)22-12-16(4)15(3)11-21(22)19(17)9-13;1-15-5-9-19(10-6-15)21-13-18(4)22(14-17(21)3)20-11-7-16(2)8-12-20;1-15-8-10-19(11-9-15)21-13-18(4)22(14-17(21)3)20-7-5-6-16(2)12-20;1-15-4-8-18(9-5-15)20-12-17(3)13-21(14-20)19-10-6-16(2)7-11-19;1-11-5-7-15(8-6-11)16-10-13(3)12(2)9-14(16)4/h5-18H,1-4H3;5-12H,1-4H3;2*5-14H,1-4H3;4-14H,1-3H3;5-10H,1-4H3. The molecular weight excluding hydrogens is 1600 g/mol. The fraction of sp³-hybridized carbons (Fsp3) is 0.173. The van der Waals surface area contributed by atoms with Crippen molar-refractivity contribution in [2.45, 2.75) is 159 Å². The van der Waals surface area contributed by atoms with Gasteiger partial charge in [-0.1, -0.05) is 413 Å². The Morgan fingerprint density at radius 1 is 0.0977 bits per heavy atom. The Balaban J connectivity index is 0.000000123. The summed E-state index contributed by atoms with van der Waals surface area (Å²) in [7, 11) is 0. The van der Waals surface area contributed by atoms with Gasteiger partial charge in [-0.25, -0.2) is 0 Å². The molecule has 0 aliphatic carbocycles. The van der Waals surface area contributed by atoms with Crippen LogP contribution >= 0.6 is 0 Å². The van der Waals surface area contributed by atoms with E-state index in [2.05, 4.69) is 517 Å². The monoisotopic (exact) mass is 1730 g/mol. The summed E-state index contributed by atoms with van der Waals surface area (Å²) in [5.41, 5.74) is 53.9. The second-order valence-corrected chi connectivity index (χ2v) is 38.0. The molecule has 0 aromatic heterocycles. The highest BCUT2D eigenvalue weighted by molar-refractivity contribution is 6.26. The molecule has 0 saturated carbocycles. The number of rotatable bonds is 9. The van der Waals surface area contributed by atoms with Gasteiger partial charge < -0.3 is 0 Å². The highest BCUT2D eigenvalue weighted by atomic mass is 14.2. The van der Waals surface area contributed by atoms with Crippen molar-refractivity contribution in [2.75, 3.05) is 0 Å². The van der Waals surface area contributed by atoms with E-state index in [1.807, 2.05) is 0 Å². The normalized spacial score (nSPS) is 11.0. The summed E-state index contributed by atoms with van der Waals surface area (Å²) < 4.78 is 0. The lowest BCUT2D eigenvalue weighted by molar-refractivity contribution is 1.30. The minimum atomic E-state index is 1.28. The van der Waals surface area contributed by atoms with E-state index in [-0.39, 0.29) is 0 Å². The molecule has 0 spiro atoms. The Bertz CT molecular complexity index is 7290.